The third kappa shape index (κ3) is 5.21. The number of H-pyrrole nitrogens is 1. The minimum Gasteiger partial charge on any atom is -0.352 e. The van der Waals surface area contributed by atoms with Gasteiger partial charge < -0.3 is 20.1 Å². The second kappa shape index (κ2) is 9.89. The second-order valence-electron chi connectivity index (χ2n) is 8.85. The molecule has 1 fully saturated rings. The Balaban J connectivity index is 1.53. The molecular formula is C23H29N9O2S. The zero-order valence-electron chi connectivity index (χ0n) is 20.1. The smallest absolute Gasteiger partial charge is 0.240 e. The molecule has 1 aromatic carbocycles. The van der Waals surface area contributed by atoms with Gasteiger partial charge in [-0.15, -0.1) is 4.99 Å². The topological polar surface area (TPSA) is 142 Å². The Kier molecular flexibility index (Phi) is 6.90. The summed E-state index contributed by atoms with van der Waals surface area (Å²) >= 11 is 0. The van der Waals surface area contributed by atoms with E-state index in [1.54, 1.807) is 32.3 Å². The summed E-state index contributed by atoms with van der Waals surface area (Å²) in [7, 11) is -3.65. The van der Waals surface area contributed by atoms with Crippen LogP contribution >= 0.6 is 0 Å². The number of hydrogen-bond acceptors (Lipinski definition) is 7. The van der Waals surface area contributed by atoms with Gasteiger partial charge in [-0.3, -0.25) is 0 Å². The summed E-state index contributed by atoms with van der Waals surface area (Å²) in [6, 6.07) is 6.24. The van der Waals surface area contributed by atoms with Gasteiger partial charge in [0.05, 0.1) is 10.3 Å². The number of piperazine rings is 1. The normalized spacial score (nSPS) is 17.1. The quantitative estimate of drug-likeness (QED) is 0.278. The zero-order chi connectivity index (χ0) is 25.2. The number of guanidine groups is 1. The second-order valence-corrected chi connectivity index (χ2v) is 10.6. The van der Waals surface area contributed by atoms with E-state index in [4.69, 9.17) is 0 Å². The minimum absolute atomic E-state index is 0.00198. The lowest BCUT2D eigenvalue weighted by molar-refractivity contribution is 0.297. The van der Waals surface area contributed by atoms with Crippen LogP contribution in [0.2, 0.25) is 0 Å². The summed E-state index contributed by atoms with van der Waals surface area (Å²) < 4.78 is 27.7. The molecule has 1 atom stereocenters. The third-order valence-electron chi connectivity index (χ3n) is 5.79. The molecule has 4 rings (SSSR count). The number of aromatic nitrogens is 3. The van der Waals surface area contributed by atoms with E-state index < -0.39 is 10.0 Å². The molecule has 3 N–H and O–H groups in total. The van der Waals surface area contributed by atoms with Crippen molar-refractivity contribution < 1.29 is 8.42 Å². The fraction of sp³-hybridized carbons (Fsp3) is 0.391. The standard InChI is InChI=1S/C23H29N9O2S/c1-15(2)30-35(33,34)19-7-5-6-18(10-19)29-23(26-13-24)32-9-8-31(12-17(32)4)22-20-16(3)11-25-21(20)27-14-28-22/h5-7,10-11,14-15,17,30H,8-9,12H2,1-4H3,(H,26,29)(H,25,27,28)/t17-/m0/s1. The first kappa shape index (κ1) is 24.4. The predicted octanol–water partition coefficient (Wildman–Crippen LogP) is 2.41. The van der Waals surface area contributed by atoms with Crippen LogP contribution in [0.4, 0.5) is 11.5 Å². The molecule has 1 aliphatic rings. The Morgan fingerprint density at radius 1 is 1.31 bits per heavy atom. The third-order valence-corrected chi connectivity index (χ3v) is 7.45. The number of aromatic amines is 1. The van der Waals surface area contributed by atoms with E-state index in [0.717, 1.165) is 22.4 Å². The van der Waals surface area contributed by atoms with Gasteiger partial charge in [-0.2, -0.15) is 5.26 Å². The monoisotopic (exact) mass is 495 g/mol. The molecule has 0 spiro atoms. The highest BCUT2D eigenvalue weighted by Crippen LogP contribution is 2.28. The lowest BCUT2D eigenvalue weighted by Gasteiger charge is -2.41. The number of aryl methyl sites for hydroxylation is 1. The molecule has 0 saturated carbocycles. The Labute approximate surface area is 204 Å². The maximum absolute atomic E-state index is 12.6. The molecule has 3 heterocycles. The SMILES string of the molecule is Cc1c[nH]c2ncnc(N3CCN(/C(=N/C#N)Nc4cccc(S(=O)(=O)NC(C)C)c4)[C@@H](C)C3)c12. The molecule has 0 amide bonds. The van der Waals surface area contributed by atoms with E-state index >= 15 is 0 Å². The lowest BCUT2D eigenvalue weighted by atomic mass is 10.1. The number of sulfonamides is 1. The van der Waals surface area contributed by atoms with E-state index in [1.807, 2.05) is 24.2 Å². The Morgan fingerprint density at radius 3 is 2.83 bits per heavy atom. The van der Waals surface area contributed by atoms with Crippen LogP contribution in [0.15, 0.2) is 46.7 Å². The molecule has 35 heavy (non-hydrogen) atoms. The van der Waals surface area contributed by atoms with Crippen molar-refractivity contribution in [2.75, 3.05) is 29.9 Å². The van der Waals surface area contributed by atoms with Gasteiger partial charge in [-0.1, -0.05) is 6.07 Å². The van der Waals surface area contributed by atoms with Crippen LogP contribution in [0, 0.1) is 18.4 Å². The molecule has 11 nitrogen and oxygen atoms in total. The highest BCUT2D eigenvalue weighted by molar-refractivity contribution is 7.89. The summed E-state index contributed by atoms with van der Waals surface area (Å²) in [6.45, 7) is 9.53. The van der Waals surface area contributed by atoms with Crippen LogP contribution in [0.1, 0.15) is 26.3 Å². The molecule has 0 bridgehead atoms. The number of hydrogen-bond donors (Lipinski definition) is 3. The van der Waals surface area contributed by atoms with E-state index in [1.165, 1.54) is 12.1 Å². The number of anilines is 2. The number of nitrogens with zero attached hydrogens (tertiary/aromatic N) is 6. The maximum Gasteiger partial charge on any atom is 0.240 e. The van der Waals surface area contributed by atoms with Crippen molar-refractivity contribution in [1.29, 1.82) is 5.26 Å². The van der Waals surface area contributed by atoms with Crippen LogP contribution in [0.5, 0.6) is 0 Å². The Bertz CT molecular complexity index is 1390. The summed E-state index contributed by atoms with van der Waals surface area (Å²) in [5, 5.41) is 13.5. The highest BCUT2D eigenvalue weighted by Gasteiger charge is 2.29. The maximum atomic E-state index is 12.6. The van der Waals surface area contributed by atoms with E-state index in [9.17, 15) is 13.7 Å². The Morgan fingerprint density at radius 2 is 2.11 bits per heavy atom. The van der Waals surface area contributed by atoms with Crippen molar-refractivity contribution >= 4 is 38.5 Å². The van der Waals surface area contributed by atoms with Gasteiger partial charge in [0.15, 0.2) is 0 Å². The number of nitriles is 1. The number of nitrogens with one attached hydrogen (secondary N) is 3. The molecule has 0 radical (unpaired) electrons. The van der Waals surface area contributed by atoms with Gasteiger partial charge in [0, 0.05) is 43.6 Å². The number of rotatable bonds is 5. The first-order chi connectivity index (χ1) is 16.7. The van der Waals surface area contributed by atoms with E-state index in [0.29, 0.717) is 31.3 Å². The summed E-state index contributed by atoms with van der Waals surface area (Å²) in [6.07, 6.45) is 5.35. The fourth-order valence-corrected chi connectivity index (χ4v) is 5.56. The molecule has 0 unspecified atom stereocenters. The van der Waals surface area contributed by atoms with Gasteiger partial charge in [-0.05, 0) is 51.5 Å². The molecule has 2 aromatic heterocycles. The van der Waals surface area contributed by atoms with Crippen molar-refractivity contribution in [3.63, 3.8) is 0 Å². The van der Waals surface area contributed by atoms with Gasteiger partial charge >= 0.3 is 0 Å². The molecule has 3 aromatic rings. The zero-order valence-corrected chi connectivity index (χ0v) is 21.0. The average Bonchev–Trinajstić information content (AvgIpc) is 3.19. The van der Waals surface area contributed by atoms with Crippen molar-refractivity contribution in [3.8, 4) is 6.19 Å². The fourth-order valence-electron chi connectivity index (χ4n) is 4.26. The minimum atomic E-state index is -3.65. The van der Waals surface area contributed by atoms with Crippen LogP contribution < -0.4 is 14.9 Å². The van der Waals surface area contributed by atoms with E-state index in [-0.39, 0.29) is 17.0 Å². The summed E-state index contributed by atoms with van der Waals surface area (Å²) in [5.74, 6) is 1.25. The summed E-state index contributed by atoms with van der Waals surface area (Å²) in [4.78, 5) is 20.4. The first-order valence-corrected chi connectivity index (χ1v) is 12.8. The molecule has 0 aliphatic carbocycles. The average molecular weight is 496 g/mol. The molecular weight excluding hydrogens is 466 g/mol. The van der Waals surface area contributed by atoms with Crippen LogP contribution in [-0.4, -0.2) is 65.9 Å². The first-order valence-electron chi connectivity index (χ1n) is 11.4. The van der Waals surface area contributed by atoms with Crippen LogP contribution in [0.25, 0.3) is 11.0 Å². The van der Waals surface area contributed by atoms with Crippen LogP contribution in [0.3, 0.4) is 0 Å². The number of fused-ring (bicyclic) bond motifs is 1. The van der Waals surface area contributed by atoms with Crippen molar-refractivity contribution in [1.82, 2.24) is 24.6 Å². The van der Waals surface area contributed by atoms with Crippen LogP contribution in [-0.2, 0) is 10.0 Å². The highest BCUT2D eigenvalue weighted by atomic mass is 32.2. The molecule has 1 saturated heterocycles. The van der Waals surface area contributed by atoms with Gasteiger partial charge in [0.25, 0.3) is 0 Å². The predicted molar refractivity (Wildman–Crippen MR) is 136 cm³/mol. The molecule has 1 aliphatic heterocycles. The lowest BCUT2D eigenvalue weighted by Crippen LogP contribution is -2.56. The number of aliphatic imine (C=N–C) groups is 1. The van der Waals surface area contributed by atoms with Crippen molar-refractivity contribution in [2.24, 2.45) is 4.99 Å². The van der Waals surface area contributed by atoms with Gasteiger partial charge in [0.2, 0.25) is 22.2 Å². The Hall–Kier alpha value is -3.69. The van der Waals surface area contributed by atoms with Gasteiger partial charge in [-0.25, -0.2) is 23.1 Å². The van der Waals surface area contributed by atoms with E-state index in [2.05, 4.69) is 41.8 Å². The largest absolute Gasteiger partial charge is 0.352 e. The van der Waals surface area contributed by atoms with Gasteiger partial charge in [0.1, 0.15) is 17.8 Å². The van der Waals surface area contributed by atoms with Crippen molar-refractivity contribution in [2.45, 2.75) is 44.7 Å². The number of benzene rings is 1. The molecule has 184 valence electrons. The summed E-state index contributed by atoms with van der Waals surface area (Å²) in [5.41, 5.74) is 2.42. The molecule has 12 heteroatoms. The van der Waals surface area contributed by atoms with Crippen molar-refractivity contribution in [3.05, 3.63) is 42.4 Å².